The van der Waals surface area contributed by atoms with Crippen LogP contribution in [0.5, 0.6) is 5.75 Å². The third kappa shape index (κ3) is 3.86. The highest BCUT2D eigenvalue weighted by Crippen LogP contribution is 2.28. The Bertz CT molecular complexity index is 301. The number of aliphatic hydroxyl groups is 1. The van der Waals surface area contributed by atoms with Gasteiger partial charge in [0.1, 0.15) is 5.75 Å². The van der Waals surface area contributed by atoms with E-state index >= 15 is 0 Å². The van der Waals surface area contributed by atoms with Gasteiger partial charge in [0.25, 0.3) is 0 Å². The first kappa shape index (κ1) is 13.0. The predicted octanol–water partition coefficient (Wildman–Crippen LogP) is 3.57. The van der Waals surface area contributed by atoms with Gasteiger partial charge in [0, 0.05) is 0 Å². The summed E-state index contributed by atoms with van der Waals surface area (Å²) < 4.78 is 0. The fourth-order valence-electron chi connectivity index (χ4n) is 1.86. The second kappa shape index (κ2) is 5.90. The van der Waals surface area contributed by atoms with Gasteiger partial charge in [-0.05, 0) is 31.0 Å². The lowest BCUT2D eigenvalue weighted by Crippen LogP contribution is -2.20. The molecule has 0 aliphatic heterocycles. The molecule has 0 aliphatic rings. The van der Waals surface area contributed by atoms with Crippen molar-refractivity contribution in [2.45, 2.75) is 51.6 Å². The number of rotatable bonds is 6. The fourth-order valence-corrected chi connectivity index (χ4v) is 1.86. The lowest BCUT2D eigenvalue weighted by Gasteiger charge is -2.23. The van der Waals surface area contributed by atoms with Crippen LogP contribution in [0.1, 0.15) is 51.5 Å². The Balaban J connectivity index is 2.52. The number of phenolic OH excluding ortho intramolecular Hbond substituents is 1. The molecule has 0 amide bonds. The Kier molecular flexibility index (Phi) is 4.81. The van der Waals surface area contributed by atoms with Crippen molar-refractivity contribution in [1.29, 1.82) is 0 Å². The van der Waals surface area contributed by atoms with E-state index in [2.05, 4.69) is 6.92 Å². The number of aromatic hydroxyl groups is 1. The van der Waals surface area contributed by atoms with Crippen molar-refractivity contribution in [2.24, 2.45) is 0 Å². The molecule has 0 saturated carbocycles. The zero-order valence-electron chi connectivity index (χ0n) is 10.2. The van der Waals surface area contributed by atoms with E-state index in [1.54, 1.807) is 24.3 Å². The number of unbranched alkanes of at least 4 members (excludes halogenated alkanes) is 3. The third-order valence-electron chi connectivity index (χ3n) is 3.01. The molecular weight excluding hydrogens is 200 g/mol. The molecule has 0 saturated heterocycles. The summed E-state index contributed by atoms with van der Waals surface area (Å²) in [6, 6.07) is 6.82. The summed E-state index contributed by atoms with van der Waals surface area (Å²) in [6.07, 6.45) is 5.43. The minimum atomic E-state index is -0.776. The van der Waals surface area contributed by atoms with Crippen LogP contribution < -0.4 is 0 Å². The van der Waals surface area contributed by atoms with Gasteiger partial charge in [-0.3, -0.25) is 0 Å². The molecule has 16 heavy (non-hydrogen) atoms. The highest BCUT2D eigenvalue weighted by molar-refractivity contribution is 5.29. The molecule has 2 N–H and O–H groups in total. The van der Waals surface area contributed by atoms with E-state index in [1.807, 2.05) is 6.92 Å². The van der Waals surface area contributed by atoms with Crippen LogP contribution in [0.3, 0.4) is 0 Å². The molecule has 0 bridgehead atoms. The molecule has 2 heteroatoms. The quantitative estimate of drug-likeness (QED) is 0.722. The molecule has 90 valence electrons. The maximum absolute atomic E-state index is 10.3. The molecule has 0 heterocycles. The van der Waals surface area contributed by atoms with Crippen LogP contribution in [-0.2, 0) is 5.60 Å². The Hall–Kier alpha value is -1.02. The maximum Gasteiger partial charge on any atom is 0.115 e. The number of hydrogen-bond acceptors (Lipinski definition) is 2. The van der Waals surface area contributed by atoms with Gasteiger partial charge in [-0.1, -0.05) is 44.7 Å². The van der Waals surface area contributed by atoms with E-state index in [9.17, 15) is 10.2 Å². The molecule has 1 aromatic rings. The van der Waals surface area contributed by atoms with Crippen molar-refractivity contribution in [1.82, 2.24) is 0 Å². The summed E-state index contributed by atoms with van der Waals surface area (Å²) >= 11 is 0. The Morgan fingerprint density at radius 3 is 2.25 bits per heavy atom. The van der Waals surface area contributed by atoms with Crippen molar-refractivity contribution in [3.63, 3.8) is 0 Å². The van der Waals surface area contributed by atoms with E-state index in [4.69, 9.17) is 0 Å². The average Bonchev–Trinajstić information content (AvgIpc) is 2.25. The van der Waals surface area contributed by atoms with E-state index < -0.39 is 5.60 Å². The largest absolute Gasteiger partial charge is 0.508 e. The summed E-state index contributed by atoms with van der Waals surface area (Å²) in [4.78, 5) is 0. The molecule has 0 aliphatic carbocycles. The van der Waals surface area contributed by atoms with Gasteiger partial charge >= 0.3 is 0 Å². The molecule has 1 atom stereocenters. The maximum atomic E-state index is 10.3. The average molecular weight is 222 g/mol. The molecule has 1 rings (SSSR count). The topological polar surface area (TPSA) is 40.5 Å². The normalized spacial score (nSPS) is 14.7. The first-order chi connectivity index (χ1) is 7.56. The predicted molar refractivity (Wildman–Crippen MR) is 66.4 cm³/mol. The molecule has 0 fully saturated rings. The van der Waals surface area contributed by atoms with Crippen molar-refractivity contribution in [3.05, 3.63) is 29.8 Å². The van der Waals surface area contributed by atoms with Gasteiger partial charge in [0.2, 0.25) is 0 Å². The van der Waals surface area contributed by atoms with Gasteiger partial charge < -0.3 is 10.2 Å². The van der Waals surface area contributed by atoms with Crippen molar-refractivity contribution < 1.29 is 10.2 Å². The second-order valence-electron chi connectivity index (χ2n) is 4.63. The molecule has 0 radical (unpaired) electrons. The standard InChI is InChI=1S/C14H22O2/c1-3-4-5-6-11-14(2,16)12-7-9-13(15)10-8-12/h7-10,15-16H,3-6,11H2,1-2H3. The monoisotopic (exact) mass is 222 g/mol. The molecule has 1 unspecified atom stereocenters. The lowest BCUT2D eigenvalue weighted by atomic mass is 9.90. The van der Waals surface area contributed by atoms with Gasteiger partial charge in [-0.25, -0.2) is 0 Å². The summed E-state index contributed by atoms with van der Waals surface area (Å²) in [5.74, 6) is 0.241. The van der Waals surface area contributed by atoms with Crippen molar-refractivity contribution in [3.8, 4) is 5.75 Å². The summed E-state index contributed by atoms with van der Waals surface area (Å²) in [5, 5.41) is 19.5. The van der Waals surface area contributed by atoms with Gasteiger partial charge in [-0.2, -0.15) is 0 Å². The van der Waals surface area contributed by atoms with E-state index in [-0.39, 0.29) is 5.75 Å². The van der Waals surface area contributed by atoms with Crippen LogP contribution in [-0.4, -0.2) is 10.2 Å². The third-order valence-corrected chi connectivity index (χ3v) is 3.01. The molecule has 0 aromatic heterocycles. The minimum absolute atomic E-state index is 0.241. The smallest absolute Gasteiger partial charge is 0.115 e. The number of benzene rings is 1. The molecular formula is C14H22O2. The fraction of sp³-hybridized carbons (Fsp3) is 0.571. The molecule has 2 nitrogen and oxygen atoms in total. The Morgan fingerprint density at radius 1 is 1.06 bits per heavy atom. The SMILES string of the molecule is CCCCCCC(C)(O)c1ccc(O)cc1. The summed E-state index contributed by atoms with van der Waals surface area (Å²) in [7, 11) is 0. The van der Waals surface area contributed by atoms with Gasteiger partial charge in [-0.15, -0.1) is 0 Å². The van der Waals surface area contributed by atoms with Crippen molar-refractivity contribution >= 4 is 0 Å². The van der Waals surface area contributed by atoms with Crippen LogP contribution in [0.4, 0.5) is 0 Å². The molecule has 1 aromatic carbocycles. The van der Waals surface area contributed by atoms with E-state index in [0.29, 0.717) is 0 Å². The number of hydrogen-bond donors (Lipinski definition) is 2. The van der Waals surface area contributed by atoms with Crippen LogP contribution in [0.15, 0.2) is 24.3 Å². The zero-order chi connectivity index (χ0) is 12.0. The van der Waals surface area contributed by atoms with Crippen molar-refractivity contribution in [2.75, 3.05) is 0 Å². The van der Waals surface area contributed by atoms with Crippen LogP contribution in [0, 0.1) is 0 Å². The Labute approximate surface area is 97.9 Å². The van der Waals surface area contributed by atoms with Gasteiger partial charge in [0.15, 0.2) is 0 Å². The van der Waals surface area contributed by atoms with Crippen LogP contribution in [0.25, 0.3) is 0 Å². The lowest BCUT2D eigenvalue weighted by molar-refractivity contribution is 0.0448. The van der Waals surface area contributed by atoms with Crippen LogP contribution >= 0.6 is 0 Å². The first-order valence-electron chi connectivity index (χ1n) is 6.08. The molecule has 0 spiro atoms. The second-order valence-corrected chi connectivity index (χ2v) is 4.63. The highest BCUT2D eigenvalue weighted by Gasteiger charge is 2.21. The highest BCUT2D eigenvalue weighted by atomic mass is 16.3. The van der Waals surface area contributed by atoms with E-state index in [1.165, 1.54) is 19.3 Å². The zero-order valence-corrected chi connectivity index (χ0v) is 10.2. The summed E-state index contributed by atoms with van der Waals surface area (Å²) in [6.45, 7) is 4.02. The summed E-state index contributed by atoms with van der Waals surface area (Å²) in [5.41, 5.74) is 0.100. The number of phenols is 1. The Morgan fingerprint density at radius 2 is 1.69 bits per heavy atom. The van der Waals surface area contributed by atoms with Crippen LogP contribution in [0.2, 0.25) is 0 Å². The first-order valence-corrected chi connectivity index (χ1v) is 6.08. The van der Waals surface area contributed by atoms with Gasteiger partial charge in [0.05, 0.1) is 5.60 Å². The van der Waals surface area contributed by atoms with E-state index in [0.717, 1.165) is 18.4 Å². The minimum Gasteiger partial charge on any atom is -0.508 e.